The van der Waals surface area contributed by atoms with E-state index in [9.17, 15) is 9.18 Å². The lowest BCUT2D eigenvalue weighted by Crippen LogP contribution is -2.00. The van der Waals surface area contributed by atoms with E-state index in [1.807, 2.05) is 6.92 Å². The van der Waals surface area contributed by atoms with Crippen LogP contribution >= 0.6 is 0 Å². The Morgan fingerprint density at radius 1 is 1.26 bits per heavy atom. The van der Waals surface area contributed by atoms with E-state index in [1.165, 1.54) is 24.3 Å². The minimum atomic E-state index is -0.648. The number of hydrogen-bond acceptors (Lipinski definition) is 4. The summed E-state index contributed by atoms with van der Waals surface area (Å²) < 4.78 is 24.4. The highest BCUT2D eigenvalue weighted by molar-refractivity contribution is 5.81. The molecule has 0 aliphatic carbocycles. The van der Waals surface area contributed by atoms with Crippen molar-refractivity contribution in [2.75, 3.05) is 0 Å². The maximum atomic E-state index is 13.6. The van der Waals surface area contributed by atoms with E-state index in [1.54, 1.807) is 24.3 Å². The van der Waals surface area contributed by atoms with Gasteiger partial charge in [0.15, 0.2) is 0 Å². The van der Waals surface area contributed by atoms with Crippen molar-refractivity contribution in [3.8, 4) is 17.6 Å². The molecule has 4 nitrogen and oxygen atoms in total. The highest BCUT2D eigenvalue weighted by Crippen LogP contribution is 2.29. The molecule has 0 saturated heterocycles. The summed E-state index contributed by atoms with van der Waals surface area (Å²) in [7, 11) is 0. The Kier molecular flexibility index (Phi) is 3.82. The third kappa shape index (κ3) is 2.79. The maximum absolute atomic E-state index is 13.6. The van der Waals surface area contributed by atoms with Crippen LogP contribution in [0.5, 0.6) is 11.5 Å². The molecule has 0 radical (unpaired) electrons. The second-order valence-electron chi connectivity index (χ2n) is 4.93. The minimum absolute atomic E-state index is 0.112. The summed E-state index contributed by atoms with van der Waals surface area (Å²) in [6.07, 6.45) is 0.699. The number of rotatable bonds is 3. The lowest BCUT2D eigenvalue weighted by atomic mass is 10.1. The lowest BCUT2D eigenvalue weighted by Gasteiger charge is -2.09. The van der Waals surface area contributed by atoms with Gasteiger partial charge >= 0.3 is 5.63 Å². The van der Waals surface area contributed by atoms with Gasteiger partial charge < -0.3 is 9.15 Å². The fourth-order valence-corrected chi connectivity index (χ4v) is 2.39. The second-order valence-corrected chi connectivity index (χ2v) is 4.93. The summed E-state index contributed by atoms with van der Waals surface area (Å²) in [5.41, 5.74) is 0.666. The molecule has 5 heteroatoms. The molecule has 0 bridgehead atoms. The molecule has 1 aromatic heterocycles. The number of nitrogens with zero attached hydrogens (tertiary/aromatic N) is 1. The van der Waals surface area contributed by atoms with Crippen molar-refractivity contribution < 1.29 is 13.5 Å². The smallest absolute Gasteiger partial charge is 0.336 e. The molecule has 0 aliphatic heterocycles. The van der Waals surface area contributed by atoms with Crippen LogP contribution in [0.3, 0.4) is 0 Å². The van der Waals surface area contributed by atoms with Crippen LogP contribution in [0.25, 0.3) is 11.0 Å². The lowest BCUT2D eigenvalue weighted by molar-refractivity contribution is 0.472. The molecular weight excluding hydrogens is 297 g/mol. The fraction of sp³-hybridized carbons (Fsp3) is 0.111. The number of halogens is 1. The van der Waals surface area contributed by atoms with E-state index >= 15 is 0 Å². The Labute approximate surface area is 131 Å². The monoisotopic (exact) mass is 309 g/mol. The van der Waals surface area contributed by atoms with Gasteiger partial charge in [-0.1, -0.05) is 13.0 Å². The van der Waals surface area contributed by atoms with Gasteiger partial charge in [0.05, 0.1) is 0 Å². The van der Waals surface area contributed by atoms with E-state index in [0.717, 1.165) is 10.9 Å². The van der Waals surface area contributed by atoms with Gasteiger partial charge in [0, 0.05) is 17.5 Å². The van der Waals surface area contributed by atoms with Crippen molar-refractivity contribution in [1.29, 1.82) is 5.26 Å². The molecule has 0 N–H and O–H groups in total. The summed E-state index contributed by atoms with van der Waals surface area (Å²) in [6, 6.07) is 12.4. The van der Waals surface area contributed by atoms with Crippen LogP contribution in [0, 0.1) is 17.1 Å². The Hall–Kier alpha value is -3.13. The van der Waals surface area contributed by atoms with Crippen LogP contribution in [-0.4, -0.2) is 0 Å². The summed E-state index contributed by atoms with van der Waals surface area (Å²) >= 11 is 0. The van der Waals surface area contributed by atoms with E-state index in [4.69, 9.17) is 14.4 Å². The second kappa shape index (κ2) is 5.93. The fourth-order valence-electron chi connectivity index (χ4n) is 2.39. The van der Waals surface area contributed by atoms with E-state index in [2.05, 4.69) is 0 Å². The molecule has 23 heavy (non-hydrogen) atoms. The minimum Gasteiger partial charge on any atom is -0.456 e. The van der Waals surface area contributed by atoms with Crippen LogP contribution in [-0.2, 0) is 6.42 Å². The van der Waals surface area contributed by atoms with Crippen LogP contribution in [0.1, 0.15) is 18.1 Å². The maximum Gasteiger partial charge on any atom is 0.336 e. The first kappa shape index (κ1) is 14.8. The first-order valence-electron chi connectivity index (χ1n) is 7.05. The third-order valence-corrected chi connectivity index (χ3v) is 3.50. The Bertz CT molecular complexity index is 986. The normalized spacial score (nSPS) is 10.5. The molecule has 0 spiro atoms. The molecule has 0 unspecified atom stereocenters. The van der Waals surface area contributed by atoms with Crippen LogP contribution in [0.4, 0.5) is 4.39 Å². The van der Waals surface area contributed by atoms with Gasteiger partial charge in [-0.15, -0.1) is 0 Å². The molecule has 0 amide bonds. The average Bonchev–Trinajstić information content (AvgIpc) is 2.54. The SMILES string of the molecule is CCc1cc(=O)oc2cc(Oc3cccc(F)c3C#N)ccc12. The zero-order valence-electron chi connectivity index (χ0n) is 12.3. The zero-order chi connectivity index (χ0) is 16.4. The predicted octanol–water partition coefficient (Wildman–Crippen LogP) is 4.16. The number of hydrogen-bond donors (Lipinski definition) is 0. The quantitative estimate of drug-likeness (QED) is 0.681. The van der Waals surface area contributed by atoms with Crippen LogP contribution < -0.4 is 10.4 Å². The van der Waals surface area contributed by atoms with Crippen molar-refractivity contribution in [2.24, 2.45) is 0 Å². The Morgan fingerprint density at radius 2 is 2.09 bits per heavy atom. The standard InChI is InChI=1S/C18H12FNO3/c1-2-11-8-18(21)23-17-9-12(6-7-13(11)17)22-16-5-3-4-15(19)14(16)10-20/h3-9H,2H2,1H3. The largest absolute Gasteiger partial charge is 0.456 e. The molecule has 0 saturated carbocycles. The Morgan fingerprint density at radius 3 is 2.83 bits per heavy atom. The summed E-state index contributed by atoms with van der Waals surface area (Å²) in [5, 5.41) is 9.84. The average molecular weight is 309 g/mol. The molecule has 0 atom stereocenters. The van der Waals surface area contributed by atoms with E-state index in [-0.39, 0.29) is 11.3 Å². The van der Waals surface area contributed by atoms with Gasteiger partial charge in [0.2, 0.25) is 0 Å². The van der Waals surface area contributed by atoms with Crippen molar-refractivity contribution in [3.63, 3.8) is 0 Å². The number of fused-ring (bicyclic) bond motifs is 1. The molecule has 114 valence electrons. The Balaban J connectivity index is 2.07. The molecular formula is C18H12FNO3. The summed E-state index contributed by atoms with van der Waals surface area (Å²) in [5.74, 6) is -0.178. The predicted molar refractivity (Wildman–Crippen MR) is 83.1 cm³/mol. The molecule has 0 fully saturated rings. The molecule has 3 rings (SSSR count). The first-order chi connectivity index (χ1) is 11.1. The number of benzene rings is 2. The van der Waals surface area contributed by atoms with E-state index in [0.29, 0.717) is 17.8 Å². The highest BCUT2D eigenvalue weighted by Gasteiger charge is 2.11. The van der Waals surface area contributed by atoms with Crippen LogP contribution in [0.15, 0.2) is 51.7 Å². The molecule has 2 aromatic carbocycles. The topological polar surface area (TPSA) is 63.2 Å². The van der Waals surface area contributed by atoms with Crippen molar-refractivity contribution in [1.82, 2.24) is 0 Å². The summed E-state index contributed by atoms with van der Waals surface area (Å²) in [6.45, 7) is 1.95. The van der Waals surface area contributed by atoms with Gasteiger partial charge in [-0.05, 0) is 36.2 Å². The van der Waals surface area contributed by atoms with Crippen molar-refractivity contribution >= 4 is 11.0 Å². The van der Waals surface area contributed by atoms with Gasteiger partial charge in [-0.2, -0.15) is 5.26 Å². The van der Waals surface area contributed by atoms with E-state index < -0.39 is 11.4 Å². The summed E-state index contributed by atoms with van der Waals surface area (Å²) in [4.78, 5) is 11.6. The zero-order valence-corrected chi connectivity index (χ0v) is 12.3. The number of aryl methyl sites for hydroxylation is 1. The van der Waals surface area contributed by atoms with Crippen LogP contribution in [0.2, 0.25) is 0 Å². The van der Waals surface area contributed by atoms with Crippen molar-refractivity contribution in [3.05, 3.63) is 69.8 Å². The first-order valence-corrected chi connectivity index (χ1v) is 7.05. The van der Waals surface area contributed by atoms with Gasteiger partial charge in [-0.3, -0.25) is 0 Å². The number of ether oxygens (including phenoxy) is 1. The molecule has 3 aromatic rings. The van der Waals surface area contributed by atoms with Gasteiger partial charge in [0.25, 0.3) is 0 Å². The molecule has 0 aliphatic rings. The van der Waals surface area contributed by atoms with Gasteiger partial charge in [-0.25, -0.2) is 9.18 Å². The van der Waals surface area contributed by atoms with Gasteiger partial charge in [0.1, 0.15) is 34.5 Å². The molecule has 1 heterocycles. The highest BCUT2D eigenvalue weighted by atomic mass is 19.1. The third-order valence-electron chi connectivity index (χ3n) is 3.50. The number of nitriles is 1. The van der Waals surface area contributed by atoms with Crippen molar-refractivity contribution in [2.45, 2.75) is 13.3 Å².